The van der Waals surface area contributed by atoms with Crippen LogP contribution in [0.1, 0.15) is 5.56 Å². The summed E-state index contributed by atoms with van der Waals surface area (Å²) in [6.45, 7) is 0. The SMILES string of the molecule is N[C@@H](Cc1ccccc1)C(=O)Oc1cccc2ccccc12. The van der Waals surface area contributed by atoms with E-state index in [2.05, 4.69) is 0 Å². The van der Waals surface area contributed by atoms with E-state index in [4.69, 9.17) is 10.5 Å². The predicted octanol–water partition coefficient (Wildman–Crippen LogP) is 3.32. The molecule has 0 amide bonds. The second-order valence-corrected chi connectivity index (χ2v) is 5.19. The molecule has 3 heteroatoms. The summed E-state index contributed by atoms with van der Waals surface area (Å²) in [6, 6.07) is 22.4. The van der Waals surface area contributed by atoms with Gasteiger partial charge in [0.2, 0.25) is 0 Å². The van der Waals surface area contributed by atoms with Crippen molar-refractivity contribution in [1.82, 2.24) is 0 Å². The number of nitrogens with two attached hydrogens (primary N) is 1. The average Bonchev–Trinajstić information content (AvgIpc) is 2.56. The molecule has 3 nitrogen and oxygen atoms in total. The van der Waals surface area contributed by atoms with Crippen molar-refractivity contribution < 1.29 is 9.53 Å². The van der Waals surface area contributed by atoms with Gasteiger partial charge in [0.1, 0.15) is 11.8 Å². The van der Waals surface area contributed by atoms with Gasteiger partial charge < -0.3 is 10.5 Å². The molecule has 0 fully saturated rings. The minimum Gasteiger partial charge on any atom is -0.425 e. The van der Waals surface area contributed by atoms with Gasteiger partial charge in [-0.05, 0) is 23.4 Å². The average molecular weight is 291 g/mol. The number of fused-ring (bicyclic) bond motifs is 1. The van der Waals surface area contributed by atoms with Gasteiger partial charge in [0.15, 0.2) is 0 Å². The van der Waals surface area contributed by atoms with Crippen LogP contribution in [0, 0.1) is 0 Å². The Hall–Kier alpha value is -2.65. The van der Waals surface area contributed by atoms with Crippen molar-refractivity contribution in [3.63, 3.8) is 0 Å². The van der Waals surface area contributed by atoms with Crippen molar-refractivity contribution >= 4 is 16.7 Å². The third kappa shape index (κ3) is 3.15. The van der Waals surface area contributed by atoms with E-state index in [0.29, 0.717) is 12.2 Å². The number of benzene rings is 3. The van der Waals surface area contributed by atoms with E-state index in [1.807, 2.05) is 66.7 Å². The molecule has 0 aliphatic heterocycles. The first-order chi connectivity index (χ1) is 10.7. The third-order valence-corrected chi connectivity index (χ3v) is 3.56. The standard InChI is InChI=1S/C19H17NO2/c20-17(13-14-7-2-1-3-8-14)19(21)22-18-12-6-10-15-9-4-5-11-16(15)18/h1-12,17H,13,20H2/t17-/m0/s1. The molecule has 0 aliphatic rings. The lowest BCUT2D eigenvalue weighted by molar-refractivity contribution is -0.135. The number of hydrogen-bond acceptors (Lipinski definition) is 3. The Balaban J connectivity index is 1.75. The van der Waals surface area contributed by atoms with Crippen LogP contribution in [0.15, 0.2) is 72.8 Å². The lowest BCUT2D eigenvalue weighted by atomic mass is 10.1. The molecule has 0 heterocycles. The first-order valence-electron chi connectivity index (χ1n) is 7.23. The summed E-state index contributed by atoms with van der Waals surface area (Å²) in [5.41, 5.74) is 6.99. The van der Waals surface area contributed by atoms with Crippen molar-refractivity contribution in [3.05, 3.63) is 78.4 Å². The molecule has 0 saturated carbocycles. The van der Waals surface area contributed by atoms with Gasteiger partial charge in [-0.2, -0.15) is 0 Å². The van der Waals surface area contributed by atoms with E-state index < -0.39 is 12.0 Å². The molecule has 0 aromatic heterocycles. The van der Waals surface area contributed by atoms with Crippen molar-refractivity contribution in [3.8, 4) is 5.75 Å². The topological polar surface area (TPSA) is 52.3 Å². The van der Waals surface area contributed by atoms with Crippen LogP contribution >= 0.6 is 0 Å². The van der Waals surface area contributed by atoms with Gasteiger partial charge in [-0.25, -0.2) is 4.79 Å². The van der Waals surface area contributed by atoms with Crippen LogP contribution in [0.25, 0.3) is 10.8 Å². The Bertz CT molecular complexity index is 778. The van der Waals surface area contributed by atoms with Crippen LogP contribution in [0.3, 0.4) is 0 Å². The van der Waals surface area contributed by atoms with E-state index in [-0.39, 0.29) is 0 Å². The quantitative estimate of drug-likeness (QED) is 0.592. The maximum Gasteiger partial charge on any atom is 0.328 e. The van der Waals surface area contributed by atoms with Crippen molar-refractivity contribution in [1.29, 1.82) is 0 Å². The van der Waals surface area contributed by atoms with Gasteiger partial charge in [0.25, 0.3) is 0 Å². The summed E-state index contributed by atoms with van der Waals surface area (Å²) < 4.78 is 5.50. The molecule has 110 valence electrons. The van der Waals surface area contributed by atoms with E-state index in [1.165, 1.54) is 0 Å². The lowest BCUT2D eigenvalue weighted by Crippen LogP contribution is -2.36. The van der Waals surface area contributed by atoms with Crippen molar-refractivity contribution in [2.45, 2.75) is 12.5 Å². The Labute approximate surface area is 129 Å². The zero-order valence-electron chi connectivity index (χ0n) is 12.1. The third-order valence-electron chi connectivity index (χ3n) is 3.56. The maximum absolute atomic E-state index is 12.2. The van der Waals surface area contributed by atoms with Crippen molar-refractivity contribution in [2.24, 2.45) is 5.73 Å². The molecule has 0 aliphatic carbocycles. The van der Waals surface area contributed by atoms with Crippen LogP contribution < -0.4 is 10.5 Å². The fourth-order valence-electron chi connectivity index (χ4n) is 2.42. The molecular weight excluding hydrogens is 274 g/mol. The molecule has 3 aromatic carbocycles. The molecule has 0 spiro atoms. The predicted molar refractivity (Wildman–Crippen MR) is 87.7 cm³/mol. The molecule has 3 aromatic rings. The summed E-state index contributed by atoms with van der Waals surface area (Å²) in [6.07, 6.45) is 0.463. The second kappa shape index (κ2) is 6.41. The number of carbonyl (C=O) groups excluding carboxylic acids is 1. The summed E-state index contributed by atoms with van der Waals surface area (Å²) in [5.74, 6) is 0.131. The summed E-state index contributed by atoms with van der Waals surface area (Å²) in [5, 5.41) is 1.94. The molecule has 1 atom stereocenters. The molecule has 0 saturated heterocycles. The van der Waals surface area contributed by atoms with Crippen LogP contribution in [0.2, 0.25) is 0 Å². The molecule has 0 bridgehead atoms. The first kappa shape index (κ1) is 14.3. The van der Waals surface area contributed by atoms with E-state index in [1.54, 1.807) is 6.07 Å². The Morgan fingerprint density at radius 3 is 2.41 bits per heavy atom. The van der Waals surface area contributed by atoms with Gasteiger partial charge in [-0.3, -0.25) is 0 Å². The fourth-order valence-corrected chi connectivity index (χ4v) is 2.42. The maximum atomic E-state index is 12.2. The van der Waals surface area contributed by atoms with Gasteiger partial charge in [-0.1, -0.05) is 66.7 Å². The number of hydrogen-bond donors (Lipinski definition) is 1. The van der Waals surface area contributed by atoms with Gasteiger partial charge in [-0.15, -0.1) is 0 Å². The van der Waals surface area contributed by atoms with Crippen LogP contribution in [-0.2, 0) is 11.2 Å². The monoisotopic (exact) mass is 291 g/mol. The Kier molecular flexibility index (Phi) is 4.17. The number of carbonyl (C=O) groups is 1. The molecular formula is C19H17NO2. The van der Waals surface area contributed by atoms with Crippen LogP contribution in [0.4, 0.5) is 0 Å². The minimum atomic E-state index is -0.679. The van der Waals surface area contributed by atoms with Crippen LogP contribution in [-0.4, -0.2) is 12.0 Å². The largest absolute Gasteiger partial charge is 0.425 e. The summed E-state index contributed by atoms with van der Waals surface area (Å²) >= 11 is 0. The molecule has 0 radical (unpaired) electrons. The minimum absolute atomic E-state index is 0.416. The molecule has 0 unspecified atom stereocenters. The summed E-state index contributed by atoms with van der Waals surface area (Å²) in [4.78, 5) is 12.2. The van der Waals surface area contributed by atoms with E-state index >= 15 is 0 Å². The second-order valence-electron chi connectivity index (χ2n) is 5.19. The fraction of sp³-hybridized carbons (Fsp3) is 0.105. The Morgan fingerprint density at radius 2 is 1.59 bits per heavy atom. The zero-order chi connectivity index (χ0) is 15.4. The number of rotatable bonds is 4. The highest BCUT2D eigenvalue weighted by molar-refractivity contribution is 5.91. The first-order valence-corrected chi connectivity index (χ1v) is 7.23. The zero-order valence-corrected chi connectivity index (χ0v) is 12.1. The molecule has 3 rings (SSSR count). The highest BCUT2D eigenvalue weighted by Crippen LogP contribution is 2.25. The lowest BCUT2D eigenvalue weighted by Gasteiger charge is -2.12. The number of esters is 1. The highest BCUT2D eigenvalue weighted by atomic mass is 16.5. The molecule has 2 N–H and O–H groups in total. The normalized spacial score (nSPS) is 12.0. The summed E-state index contributed by atoms with van der Waals surface area (Å²) in [7, 11) is 0. The van der Waals surface area contributed by atoms with Gasteiger partial charge >= 0.3 is 5.97 Å². The number of ether oxygens (including phenoxy) is 1. The highest BCUT2D eigenvalue weighted by Gasteiger charge is 2.17. The van der Waals surface area contributed by atoms with E-state index in [0.717, 1.165) is 16.3 Å². The van der Waals surface area contributed by atoms with Crippen molar-refractivity contribution in [2.75, 3.05) is 0 Å². The van der Waals surface area contributed by atoms with Crippen LogP contribution in [0.5, 0.6) is 5.75 Å². The van der Waals surface area contributed by atoms with Gasteiger partial charge in [0, 0.05) is 5.39 Å². The Morgan fingerprint density at radius 1 is 0.909 bits per heavy atom. The van der Waals surface area contributed by atoms with Gasteiger partial charge in [0.05, 0.1) is 0 Å². The smallest absolute Gasteiger partial charge is 0.328 e. The molecule has 22 heavy (non-hydrogen) atoms. The van der Waals surface area contributed by atoms with E-state index in [9.17, 15) is 4.79 Å².